The Kier molecular flexibility index (Phi) is 8.71. The largest absolute Gasteiger partial charge is 0.465 e. The molecule has 2 saturated heterocycles. The zero-order valence-corrected chi connectivity index (χ0v) is 19.4. The van der Waals surface area contributed by atoms with Crippen molar-refractivity contribution < 1.29 is 19.4 Å². The molecule has 0 aromatic heterocycles. The number of morpholine rings is 1. The molecule has 10 nitrogen and oxygen atoms in total. The van der Waals surface area contributed by atoms with Crippen LogP contribution in [0.2, 0.25) is 0 Å². The van der Waals surface area contributed by atoms with Gasteiger partial charge < -0.3 is 20.1 Å². The second-order valence-corrected chi connectivity index (χ2v) is 9.25. The van der Waals surface area contributed by atoms with Crippen LogP contribution in [0.15, 0.2) is 0 Å². The van der Waals surface area contributed by atoms with Crippen LogP contribution >= 0.6 is 0 Å². The maximum absolute atomic E-state index is 13.5. The minimum absolute atomic E-state index is 0.0738. The maximum Gasteiger partial charge on any atom is 0.406 e. The number of carbonyl (C=O) groups excluding carboxylic acids is 1. The van der Waals surface area contributed by atoms with Gasteiger partial charge in [0, 0.05) is 32.2 Å². The van der Waals surface area contributed by atoms with Crippen molar-refractivity contribution in [1.82, 2.24) is 25.3 Å². The highest BCUT2D eigenvalue weighted by Crippen LogP contribution is 2.32. The van der Waals surface area contributed by atoms with E-state index in [1.807, 2.05) is 14.0 Å². The molecule has 3 unspecified atom stereocenters. The SMILES string of the molecule is CCN(C1CCCCC1C(=O)NC1(C#N)CCN(C)CC1)C(NC(=O)O)N1CCOCC1. The van der Waals surface area contributed by atoms with Crippen molar-refractivity contribution in [3.8, 4) is 6.07 Å². The van der Waals surface area contributed by atoms with Gasteiger partial charge in [0.2, 0.25) is 5.91 Å². The number of nitriles is 1. The van der Waals surface area contributed by atoms with Gasteiger partial charge in [-0.25, -0.2) is 4.79 Å². The molecule has 0 aromatic carbocycles. The molecule has 0 bridgehead atoms. The second-order valence-electron chi connectivity index (χ2n) is 9.25. The van der Waals surface area contributed by atoms with Gasteiger partial charge in [0.15, 0.2) is 0 Å². The van der Waals surface area contributed by atoms with Gasteiger partial charge in [0.1, 0.15) is 11.8 Å². The van der Waals surface area contributed by atoms with Crippen LogP contribution in [0.1, 0.15) is 45.4 Å². The summed E-state index contributed by atoms with van der Waals surface area (Å²) in [4.78, 5) is 31.5. The fourth-order valence-electron chi connectivity index (χ4n) is 5.31. The Labute approximate surface area is 190 Å². The van der Waals surface area contributed by atoms with Crippen molar-refractivity contribution >= 4 is 12.0 Å². The molecule has 2 heterocycles. The highest BCUT2D eigenvalue weighted by atomic mass is 16.5. The van der Waals surface area contributed by atoms with Gasteiger partial charge in [0.25, 0.3) is 0 Å². The lowest BCUT2D eigenvalue weighted by molar-refractivity contribution is -0.133. The Hall–Kier alpha value is -1.93. The van der Waals surface area contributed by atoms with Crippen molar-refractivity contribution in [2.24, 2.45) is 5.92 Å². The molecule has 3 atom stereocenters. The summed E-state index contributed by atoms with van der Waals surface area (Å²) in [6.45, 7) is 6.58. The summed E-state index contributed by atoms with van der Waals surface area (Å²) >= 11 is 0. The van der Waals surface area contributed by atoms with E-state index in [1.54, 1.807) is 0 Å². The molecule has 3 aliphatic rings. The summed E-state index contributed by atoms with van der Waals surface area (Å²) in [7, 11) is 2.03. The first-order valence-corrected chi connectivity index (χ1v) is 11.9. The average Bonchev–Trinajstić information content (AvgIpc) is 2.81. The van der Waals surface area contributed by atoms with E-state index in [-0.39, 0.29) is 17.9 Å². The smallest absolute Gasteiger partial charge is 0.406 e. The van der Waals surface area contributed by atoms with Gasteiger partial charge in [-0.05, 0) is 39.3 Å². The van der Waals surface area contributed by atoms with Crippen LogP contribution in [-0.4, -0.2) is 103 Å². The highest BCUT2D eigenvalue weighted by Gasteiger charge is 2.43. The summed E-state index contributed by atoms with van der Waals surface area (Å²) in [5, 5.41) is 25.2. The summed E-state index contributed by atoms with van der Waals surface area (Å²) in [6, 6.07) is 2.29. The van der Waals surface area contributed by atoms with Crippen molar-refractivity contribution in [2.75, 3.05) is 53.0 Å². The average molecular weight is 451 g/mol. The maximum atomic E-state index is 13.5. The summed E-state index contributed by atoms with van der Waals surface area (Å²) in [6.07, 6.45) is 3.20. The molecule has 0 radical (unpaired) electrons. The molecular formula is C22H38N6O4. The number of nitrogens with one attached hydrogen (secondary N) is 2. The monoisotopic (exact) mass is 450 g/mol. The summed E-state index contributed by atoms with van der Waals surface area (Å²) < 4.78 is 5.46. The molecule has 2 amide bonds. The molecular weight excluding hydrogens is 412 g/mol. The predicted molar refractivity (Wildman–Crippen MR) is 119 cm³/mol. The molecule has 180 valence electrons. The number of hydrogen-bond donors (Lipinski definition) is 3. The molecule has 3 fully saturated rings. The first-order valence-electron chi connectivity index (χ1n) is 11.9. The number of nitrogens with zero attached hydrogens (tertiary/aromatic N) is 4. The zero-order valence-electron chi connectivity index (χ0n) is 19.4. The summed E-state index contributed by atoms with van der Waals surface area (Å²) in [5.41, 5.74) is -0.814. The van der Waals surface area contributed by atoms with E-state index >= 15 is 0 Å². The molecule has 1 aliphatic carbocycles. The molecule has 0 aromatic rings. The number of hydrogen-bond acceptors (Lipinski definition) is 7. The Balaban J connectivity index is 1.78. The zero-order chi connectivity index (χ0) is 23.1. The predicted octanol–water partition coefficient (Wildman–Crippen LogP) is 0.855. The third-order valence-corrected chi connectivity index (χ3v) is 7.23. The van der Waals surface area contributed by atoms with Crippen molar-refractivity contribution in [3.05, 3.63) is 0 Å². The fourth-order valence-corrected chi connectivity index (χ4v) is 5.31. The van der Waals surface area contributed by atoms with E-state index in [1.165, 1.54) is 0 Å². The number of carboxylic acid groups (broad SMARTS) is 1. The van der Waals surface area contributed by atoms with Crippen molar-refractivity contribution in [1.29, 1.82) is 5.26 Å². The van der Waals surface area contributed by atoms with Gasteiger partial charge >= 0.3 is 6.09 Å². The highest BCUT2D eigenvalue weighted by molar-refractivity contribution is 5.81. The van der Waals surface area contributed by atoms with Crippen LogP contribution in [0.4, 0.5) is 4.79 Å². The molecule has 0 spiro atoms. The van der Waals surface area contributed by atoms with Gasteiger partial charge in [-0.3, -0.25) is 19.9 Å². The molecule has 3 N–H and O–H groups in total. The molecule has 1 saturated carbocycles. The third kappa shape index (κ3) is 5.90. The van der Waals surface area contributed by atoms with Crippen LogP contribution in [0.3, 0.4) is 0 Å². The van der Waals surface area contributed by atoms with Crippen LogP contribution in [0.5, 0.6) is 0 Å². The number of likely N-dealkylation sites (tertiary alicyclic amines) is 1. The van der Waals surface area contributed by atoms with E-state index in [0.29, 0.717) is 45.7 Å². The quantitative estimate of drug-likeness (QED) is 0.488. The first kappa shape index (κ1) is 24.7. The van der Waals surface area contributed by atoms with Crippen LogP contribution in [0, 0.1) is 17.2 Å². The molecule has 10 heteroatoms. The van der Waals surface area contributed by atoms with Crippen molar-refractivity contribution in [2.45, 2.75) is 63.3 Å². The van der Waals surface area contributed by atoms with Gasteiger partial charge in [-0.1, -0.05) is 19.8 Å². The lowest BCUT2D eigenvalue weighted by Crippen LogP contribution is -2.65. The number of amides is 2. The molecule has 3 rings (SSSR count). The topological polar surface area (TPSA) is 121 Å². The van der Waals surface area contributed by atoms with E-state index < -0.39 is 17.9 Å². The van der Waals surface area contributed by atoms with Crippen molar-refractivity contribution in [3.63, 3.8) is 0 Å². The Morgan fingerprint density at radius 3 is 2.47 bits per heavy atom. The first-order chi connectivity index (χ1) is 15.4. The minimum Gasteiger partial charge on any atom is -0.465 e. The lowest BCUT2D eigenvalue weighted by atomic mass is 9.81. The number of piperidine rings is 1. The standard InChI is InChI=1S/C22H38N6O4/c1-3-28(20(24-21(30)31)27-12-14-32-15-13-27)18-7-5-4-6-17(18)19(29)25-22(16-23)8-10-26(2)11-9-22/h17-18,20,24H,3-15H2,1-2H3,(H,25,29)(H,30,31). The number of rotatable bonds is 7. The van der Waals surface area contributed by atoms with E-state index in [0.717, 1.165) is 38.8 Å². The normalized spacial score (nSPS) is 27.9. The Bertz CT molecular complexity index is 684. The Morgan fingerprint density at radius 1 is 1.22 bits per heavy atom. The second kappa shape index (κ2) is 11.3. The van der Waals surface area contributed by atoms with Gasteiger partial charge in [0.05, 0.1) is 25.2 Å². The van der Waals surface area contributed by atoms with E-state index in [2.05, 4.69) is 31.4 Å². The third-order valence-electron chi connectivity index (χ3n) is 7.23. The molecule has 2 aliphatic heterocycles. The Morgan fingerprint density at radius 2 is 1.88 bits per heavy atom. The van der Waals surface area contributed by atoms with E-state index in [9.17, 15) is 20.0 Å². The van der Waals surface area contributed by atoms with Crippen LogP contribution in [-0.2, 0) is 9.53 Å². The van der Waals surface area contributed by atoms with Crippen LogP contribution < -0.4 is 10.6 Å². The number of ether oxygens (including phenoxy) is 1. The van der Waals surface area contributed by atoms with Crippen LogP contribution in [0.25, 0.3) is 0 Å². The molecule has 32 heavy (non-hydrogen) atoms. The number of carbonyl (C=O) groups is 2. The van der Waals surface area contributed by atoms with Gasteiger partial charge in [-0.2, -0.15) is 5.26 Å². The van der Waals surface area contributed by atoms with E-state index in [4.69, 9.17) is 4.74 Å². The summed E-state index contributed by atoms with van der Waals surface area (Å²) in [5.74, 6) is -0.344. The lowest BCUT2D eigenvalue weighted by Gasteiger charge is -2.47. The van der Waals surface area contributed by atoms with Gasteiger partial charge in [-0.15, -0.1) is 0 Å². The minimum atomic E-state index is -1.08. The fraction of sp³-hybridized carbons (Fsp3) is 0.864.